The van der Waals surface area contributed by atoms with Crippen molar-refractivity contribution in [1.29, 1.82) is 0 Å². The number of aliphatic hydroxyl groups is 2. The van der Waals surface area contributed by atoms with Gasteiger partial charge in [-0.05, 0) is 25.2 Å². The molecule has 15 heteroatoms. The molecule has 2 aromatic heterocycles. The normalized spacial score (nSPS) is 25.5. The predicted octanol–water partition coefficient (Wildman–Crippen LogP) is 2.16. The minimum absolute atomic E-state index is 0.159. The number of aromatic nitrogens is 4. The number of hydrogen-bond donors (Lipinski definition) is 4. The molecule has 12 nitrogen and oxygen atoms in total. The van der Waals surface area contributed by atoms with E-state index in [9.17, 15) is 19.7 Å². The standard InChI is InChI=1S/C18H31N5O7P2S/c1-3-5-7-31(33,8-6-4-2)30-32(26,27)28-9-12-14(24)15(25)18(29-12)23-11-22-13-16(19)20-10-21-17(13)23/h10-12,14-15,18,24-25H,3-9H2,1-2H3,(H,26,27)(H2,19,20,21)/t12-,14-,15-,18-/m1/s1. The second-order valence-corrected chi connectivity index (χ2v) is 14.3. The van der Waals surface area contributed by atoms with Crippen LogP contribution in [0, 0.1) is 0 Å². The summed E-state index contributed by atoms with van der Waals surface area (Å²) in [5.41, 5.74) is 6.42. The SMILES string of the molecule is CCCCP(=S)(CCCC)OP(=O)(O)OC[C@H]1O[C@@H](n2cnc3c(N)ncnc32)[C@H](O)[C@@H]1O. The van der Waals surface area contributed by atoms with Crippen LogP contribution in [-0.2, 0) is 29.9 Å². The number of ether oxygens (including phenoxy) is 1. The molecule has 3 heterocycles. The van der Waals surface area contributed by atoms with Crippen molar-refractivity contribution in [2.75, 3.05) is 24.7 Å². The van der Waals surface area contributed by atoms with Crippen LogP contribution in [0.25, 0.3) is 11.2 Å². The number of nitrogens with two attached hydrogens (primary N) is 1. The van der Waals surface area contributed by atoms with Crippen LogP contribution in [0.1, 0.15) is 45.8 Å². The molecule has 0 spiro atoms. The molecular formula is C18H31N5O7P2S. The molecule has 5 N–H and O–H groups in total. The summed E-state index contributed by atoms with van der Waals surface area (Å²) < 4.78 is 30.4. The van der Waals surface area contributed by atoms with Crippen LogP contribution in [0.4, 0.5) is 5.82 Å². The number of unbranched alkanes of at least 4 members (excludes halogenated alkanes) is 2. The second kappa shape index (κ2) is 11.2. The minimum Gasteiger partial charge on any atom is -0.387 e. The number of anilines is 1. The smallest absolute Gasteiger partial charge is 0.387 e. The summed E-state index contributed by atoms with van der Waals surface area (Å²) in [4.78, 5) is 22.4. The molecule has 0 bridgehead atoms. The first-order chi connectivity index (χ1) is 15.6. The monoisotopic (exact) mass is 523 g/mol. The molecular weight excluding hydrogens is 492 g/mol. The Hall–Kier alpha value is -1.01. The van der Waals surface area contributed by atoms with Gasteiger partial charge in [-0.3, -0.25) is 13.4 Å². The Bertz CT molecular complexity index is 1030. The molecule has 186 valence electrons. The van der Waals surface area contributed by atoms with Gasteiger partial charge in [-0.25, -0.2) is 19.5 Å². The van der Waals surface area contributed by atoms with Crippen LogP contribution in [0.3, 0.4) is 0 Å². The Labute approximate surface area is 197 Å². The lowest BCUT2D eigenvalue weighted by molar-refractivity contribution is -0.0500. The highest BCUT2D eigenvalue weighted by atomic mass is 32.4. The molecule has 0 saturated carbocycles. The zero-order valence-corrected chi connectivity index (χ0v) is 21.2. The molecule has 3 rings (SSSR count). The Morgan fingerprint density at radius 1 is 1.18 bits per heavy atom. The minimum atomic E-state index is -4.50. The Morgan fingerprint density at radius 2 is 1.85 bits per heavy atom. The number of imidazole rings is 1. The summed E-state index contributed by atoms with van der Waals surface area (Å²) in [5, 5.41) is 21.0. The summed E-state index contributed by atoms with van der Waals surface area (Å²) in [6.45, 7) is 3.54. The average molecular weight is 523 g/mol. The predicted molar refractivity (Wildman–Crippen MR) is 126 cm³/mol. The summed E-state index contributed by atoms with van der Waals surface area (Å²) in [6.07, 6.45) is -0.383. The van der Waals surface area contributed by atoms with Gasteiger partial charge < -0.3 is 25.6 Å². The maximum atomic E-state index is 12.6. The van der Waals surface area contributed by atoms with Gasteiger partial charge in [0, 0.05) is 0 Å². The van der Waals surface area contributed by atoms with E-state index in [1.807, 2.05) is 13.8 Å². The number of aliphatic hydroxyl groups excluding tert-OH is 2. The van der Waals surface area contributed by atoms with Crippen molar-refractivity contribution in [2.24, 2.45) is 0 Å². The van der Waals surface area contributed by atoms with Crippen molar-refractivity contribution in [2.45, 2.75) is 64.1 Å². The van der Waals surface area contributed by atoms with Crippen molar-refractivity contribution in [1.82, 2.24) is 19.5 Å². The second-order valence-electron chi connectivity index (χ2n) is 7.94. The van der Waals surface area contributed by atoms with Crippen molar-refractivity contribution in [3.05, 3.63) is 12.7 Å². The van der Waals surface area contributed by atoms with Gasteiger partial charge in [-0.15, -0.1) is 0 Å². The van der Waals surface area contributed by atoms with E-state index in [1.165, 1.54) is 17.2 Å². The summed E-state index contributed by atoms with van der Waals surface area (Å²) in [6, 6.07) is 0. The molecule has 5 atom stereocenters. The first kappa shape index (κ1) is 26.6. The van der Waals surface area contributed by atoms with Crippen LogP contribution in [0.15, 0.2) is 12.7 Å². The van der Waals surface area contributed by atoms with Crippen molar-refractivity contribution >= 4 is 42.9 Å². The summed E-state index contributed by atoms with van der Waals surface area (Å²) in [5.74, 6) is 0.159. The van der Waals surface area contributed by atoms with E-state index < -0.39 is 45.2 Å². The van der Waals surface area contributed by atoms with Crippen LogP contribution in [-0.4, -0.2) is 71.9 Å². The third kappa shape index (κ3) is 6.36. The molecule has 0 radical (unpaired) electrons. The molecule has 1 aliphatic rings. The maximum absolute atomic E-state index is 12.6. The Balaban J connectivity index is 1.67. The van der Waals surface area contributed by atoms with Crippen molar-refractivity contribution < 1.29 is 33.2 Å². The van der Waals surface area contributed by atoms with Gasteiger partial charge >= 0.3 is 7.82 Å². The number of nitrogen functional groups attached to an aromatic ring is 1. The maximum Gasteiger partial charge on any atom is 0.476 e. The van der Waals surface area contributed by atoms with Crippen LogP contribution >= 0.6 is 14.1 Å². The van der Waals surface area contributed by atoms with E-state index >= 15 is 0 Å². The van der Waals surface area contributed by atoms with Gasteiger partial charge in [0.15, 0.2) is 17.7 Å². The van der Waals surface area contributed by atoms with E-state index in [4.69, 9.17) is 31.1 Å². The fourth-order valence-electron chi connectivity index (χ4n) is 3.52. The van der Waals surface area contributed by atoms with Crippen LogP contribution in [0.5, 0.6) is 0 Å². The highest BCUT2D eigenvalue weighted by molar-refractivity contribution is 8.13. The van der Waals surface area contributed by atoms with E-state index in [2.05, 4.69) is 15.0 Å². The number of rotatable bonds is 12. The molecule has 0 amide bonds. The lowest BCUT2D eigenvalue weighted by atomic mass is 10.1. The zero-order chi connectivity index (χ0) is 24.2. The summed E-state index contributed by atoms with van der Waals surface area (Å²) in [7, 11) is -4.50. The highest BCUT2D eigenvalue weighted by Gasteiger charge is 2.45. The van der Waals surface area contributed by atoms with Crippen molar-refractivity contribution in [3.63, 3.8) is 0 Å². The largest absolute Gasteiger partial charge is 0.476 e. The molecule has 1 saturated heterocycles. The van der Waals surface area contributed by atoms with Gasteiger partial charge in [0.25, 0.3) is 0 Å². The van der Waals surface area contributed by atoms with Gasteiger partial charge in [-0.1, -0.05) is 38.5 Å². The van der Waals surface area contributed by atoms with Gasteiger partial charge in [0.1, 0.15) is 30.2 Å². The van der Waals surface area contributed by atoms with Gasteiger partial charge in [-0.2, -0.15) is 0 Å². The number of phosphoric acid groups is 1. The van der Waals surface area contributed by atoms with Gasteiger partial charge in [0.05, 0.1) is 19.2 Å². The first-order valence-electron chi connectivity index (χ1n) is 10.8. The third-order valence-electron chi connectivity index (χ3n) is 5.36. The van der Waals surface area contributed by atoms with Crippen molar-refractivity contribution in [3.8, 4) is 0 Å². The topological polar surface area (TPSA) is 175 Å². The molecule has 1 unspecified atom stereocenters. The molecule has 33 heavy (non-hydrogen) atoms. The molecule has 1 fully saturated rings. The fraction of sp³-hybridized carbons (Fsp3) is 0.722. The lowest BCUT2D eigenvalue weighted by Gasteiger charge is -2.25. The number of fused-ring (bicyclic) bond motifs is 1. The molecule has 0 aliphatic carbocycles. The molecule has 2 aromatic rings. The number of hydrogen-bond acceptors (Lipinski definition) is 11. The first-order valence-corrected chi connectivity index (χ1v) is 15.4. The molecule has 1 aliphatic heterocycles. The quantitative estimate of drug-likeness (QED) is 0.299. The lowest BCUT2D eigenvalue weighted by Crippen LogP contribution is -2.33. The van der Waals surface area contributed by atoms with Crippen LogP contribution in [0.2, 0.25) is 0 Å². The van der Waals surface area contributed by atoms with E-state index in [0.717, 1.165) is 25.7 Å². The number of nitrogens with zero attached hydrogens (tertiary/aromatic N) is 4. The number of phosphoric ester groups is 1. The van der Waals surface area contributed by atoms with Gasteiger partial charge in [0.2, 0.25) is 0 Å². The Morgan fingerprint density at radius 3 is 2.48 bits per heavy atom. The fourth-order valence-corrected chi connectivity index (χ4v) is 9.56. The zero-order valence-electron chi connectivity index (χ0n) is 18.6. The average Bonchev–Trinajstić information content (AvgIpc) is 3.31. The van der Waals surface area contributed by atoms with E-state index in [0.29, 0.717) is 23.5 Å². The van der Waals surface area contributed by atoms with Crippen LogP contribution < -0.4 is 5.73 Å². The Kier molecular flexibility index (Phi) is 8.99. The highest BCUT2D eigenvalue weighted by Crippen LogP contribution is 2.63. The van der Waals surface area contributed by atoms with E-state index in [-0.39, 0.29) is 5.82 Å². The van der Waals surface area contributed by atoms with E-state index in [1.54, 1.807) is 0 Å². The summed E-state index contributed by atoms with van der Waals surface area (Å²) >= 11 is 5.62. The molecule has 0 aromatic carbocycles. The third-order valence-corrected chi connectivity index (χ3v) is 11.5.